The van der Waals surface area contributed by atoms with Crippen LogP contribution in [0.3, 0.4) is 0 Å². The number of anilines is 1. The molecule has 0 aliphatic heterocycles. The molecule has 0 radical (unpaired) electrons. The van der Waals surface area contributed by atoms with Gasteiger partial charge >= 0.3 is 0 Å². The van der Waals surface area contributed by atoms with E-state index in [-0.39, 0.29) is 5.91 Å². The van der Waals surface area contributed by atoms with Crippen LogP contribution < -0.4 is 10.1 Å². The van der Waals surface area contributed by atoms with Gasteiger partial charge in [-0.05, 0) is 31.2 Å². The van der Waals surface area contributed by atoms with E-state index in [9.17, 15) is 4.79 Å². The SMILES string of the molecule is Cc1ccc(NC(=O)c2cc3occc3n2CCOc2ccccc2)cc1. The summed E-state index contributed by atoms with van der Waals surface area (Å²) in [5, 5.41) is 2.94. The van der Waals surface area contributed by atoms with Gasteiger partial charge in [0.25, 0.3) is 5.91 Å². The van der Waals surface area contributed by atoms with Gasteiger partial charge in [0, 0.05) is 17.8 Å². The highest BCUT2D eigenvalue weighted by Crippen LogP contribution is 2.22. The zero-order chi connectivity index (χ0) is 18.6. The summed E-state index contributed by atoms with van der Waals surface area (Å²) in [6.07, 6.45) is 1.63. The highest BCUT2D eigenvalue weighted by Gasteiger charge is 2.17. The molecule has 0 fully saturated rings. The molecule has 2 heterocycles. The predicted molar refractivity (Wildman–Crippen MR) is 105 cm³/mol. The number of furan rings is 1. The molecule has 136 valence electrons. The van der Waals surface area contributed by atoms with Crippen molar-refractivity contribution in [2.75, 3.05) is 11.9 Å². The Bertz CT molecular complexity index is 1050. The average Bonchev–Trinajstić information content (AvgIpc) is 3.27. The summed E-state index contributed by atoms with van der Waals surface area (Å²) in [6.45, 7) is 3.00. The first-order valence-electron chi connectivity index (χ1n) is 8.83. The van der Waals surface area contributed by atoms with Gasteiger partial charge in [-0.2, -0.15) is 0 Å². The molecule has 0 aliphatic rings. The van der Waals surface area contributed by atoms with Crippen molar-refractivity contribution in [1.82, 2.24) is 4.57 Å². The monoisotopic (exact) mass is 360 g/mol. The van der Waals surface area contributed by atoms with Crippen molar-refractivity contribution >= 4 is 22.7 Å². The fraction of sp³-hybridized carbons (Fsp3) is 0.136. The van der Waals surface area contributed by atoms with Gasteiger partial charge < -0.3 is 19.0 Å². The van der Waals surface area contributed by atoms with Crippen LogP contribution in [0.1, 0.15) is 16.1 Å². The van der Waals surface area contributed by atoms with Crippen molar-refractivity contribution in [3.05, 3.63) is 84.3 Å². The number of carbonyl (C=O) groups excluding carboxylic acids is 1. The number of fused-ring (bicyclic) bond motifs is 1. The smallest absolute Gasteiger partial charge is 0.272 e. The molecule has 0 aliphatic carbocycles. The second-order valence-corrected chi connectivity index (χ2v) is 6.33. The van der Waals surface area contributed by atoms with Gasteiger partial charge in [0.15, 0.2) is 5.58 Å². The van der Waals surface area contributed by atoms with E-state index in [0.29, 0.717) is 24.4 Å². The van der Waals surface area contributed by atoms with Gasteiger partial charge in [0.2, 0.25) is 0 Å². The molecular weight excluding hydrogens is 340 g/mol. The third-order valence-electron chi connectivity index (χ3n) is 4.39. The highest BCUT2D eigenvalue weighted by molar-refractivity contribution is 6.05. The number of ether oxygens (including phenoxy) is 1. The maximum absolute atomic E-state index is 12.8. The Hall–Kier alpha value is -3.47. The standard InChI is InChI=1S/C22H20N2O3/c1-16-7-9-17(10-8-16)23-22(25)20-15-21-19(11-13-27-21)24(20)12-14-26-18-5-3-2-4-6-18/h2-11,13,15H,12,14H2,1H3,(H,23,25). The molecule has 0 saturated carbocycles. The molecule has 5 heteroatoms. The molecule has 0 spiro atoms. The van der Waals surface area contributed by atoms with Gasteiger partial charge in [-0.25, -0.2) is 0 Å². The minimum absolute atomic E-state index is 0.176. The first kappa shape index (κ1) is 17.0. The Morgan fingerprint density at radius 3 is 2.63 bits per heavy atom. The fourth-order valence-electron chi connectivity index (χ4n) is 3.01. The van der Waals surface area contributed by atoms with Crippen LogP contribution in [0, 0.1) is 6.92 Å². The van der Waals surface area contributed by atoms with Crippen molar-refractivity contribution in [2.24, 2.45) is 0 Å². The second-order valence-electron chi connectivity index (χ2n) is 6.33. The van der Waals surface area contributed by atoms with Crippen LogP contribution in [0.15, 0.2) is 77.4 Å². The molecule has 2 aromatic heterocycles. The minimum atomic E-state index is -0.176. The minimum Gasteiger partial charge on any atom is -0.492 e. The number of aryl methyl sites for hydroxylation is 1. The van der Waals surface area contributed by atoms with E-state index in [2.05, 4.69) is 5.32 Å². The molecule has 1 N–H and O–H groups in total. The Balaban J connectivity index is 1.53. The van der Waals surface area contributed by atoms with E-state index in [1.807, 2.05) is 72.2 Å². The maximum atomic E-state index is 12.8. The van der Waals surface area contributed by atoms with Crippen molar-refractivity contribution in [3.8, 4) is 5.75 Å². The third kappa shape index (κ3) is 3.72. The summed E-state index contributed by atoms with van der Waals surface area (Å²) < 4.78 is 13.2. The van der Waals surface area contributed by atoms with Gasteiger partial charge in [-0.1, -0.05) is 35.9 Å². The van der Waals surface area contributed by atoms with Crippen LogP contribution in [0.25, 0.3) is 11.1 Å². The van der Waals surface area contributed by atoms with Gasteiger partial charge in [-0.15, -0.1) is 0 Å². The number of nitrogens with zero attached hydrogens (tertiary/aromatic N) is 1. The molecule has 1 amide bonds. The maximum Gasteiger partial charge on any atom is 0.272 e. The molecule has 4 aromatic rings. The number of para-hydroxylation sites is 1. The zero-order valence-electron chi connectivity index (χ0n) is 15.0. The van der Waals surface area contributed by atoms with E-state index in [1.54, 1.807) is 12.3 Å². The summed E-state index contributed by atoms with van der Waals surface area (Å²) in [4.78, 5) is 12.8. The van der Waals surface area contributed by atoms with Crippen molar-refractivity contribution in [3.63, 3.8) is 0 Å². The molecular formula is C22H20N2O3. The van der Waals surface area contributed by atoms with Crippen molar-refractivity contribution < 1.29 is 13.9 Å². The van der Waals surface area contributed by atoms with Gasteiger partial charge in [0.05, 0.1) is 18.3 Å². The average molecular weight is 360 g/mol. The lowest BCUT2D eigenvalue weighted by molar-refractivity contribution is 0.101. The summed E-state index contributed by atoms with van der Waals surface area (Å²) in [5.74, 6) is 0.628. The molecule has 0 saturated heterocycles. The van der Waals surface area contributed by atoms with Crippen LogP contribution >= 0.6 is 0 Å². The van der Waals surface area contributed by atoms with Crippen molar-refractivity contribution in [2.45, 2.75) is 13.5 Å². The Morgan fingerprint density at radius 1 is 1.07 bits per heavy atom. The second kappa shape index (κ2) is 7.41. The van der Waals surface area contributed by atoms with Gasteiger partial charge in [-0.3, -0.25) is 4.79 Å². The summed E-state index contributed by atoms with van der Waals surface area (Å²) in [7, 11) is 0. The number of rotatable bonds is 6. The fourth-order valence-corrected chi connectivity index (χ4v) is 3.01. The number of amides is 1. The van der Waals surface area contributed by atoms with Crippen LogP contribution in [-0.4, -0.2) is 17.1 Å². The Labute approximate surface area is 157 Å². The van der Waals surface area contributed by atoms with Crippen LogP contribution in [0.2, 0.25) is 0 Å². The number of nitrogens with one attached hydrogen (secondary N) is 1. The molecule has 0 atom stereocenters. The van der Waals surface area contributed by atoms with E-state index in [4.69, 9.17) is 9.15 Å². The van der Waals surface area contributed by atoms with E-state index < -0.39 is 0 Å². The number of hydrogen-bond donors (Lipinski definition) is 1. The highest BCUT2D eigenvalue weighted by atomic mass is 16.5. The van der Waals surface area contributed by atoms with Gasteiger partial charge in [0.1, 0.15) is 18.1 Å². The summed E-state index contributed by atoms with van der Waals surface area (Å²) >= 11 is 0. The lowest BCUT2D eigenvalue weighted by Crippen LogP contribution is -2.19. The summed E-state index contributed by atoms with van der Waals surface area (Å²) in [6, 6.07) is 21.0. The largest absolute Gasteiger partial charge is 0.492 e. The van der Waals surface area contributed by atoms with E-state index >= 15 is 0 Å². The molecule has 2 aromatic carbocycles. The van der Waals surface area contributed by atoms with Crippen LogP contribution in [0.4, 0.5) is 5.69 Å². The Morgan fingerprint density at radius 2 is 1.85 bits per heavy atom. The van der Waals surface area contributed by atoms with E-state index in [1.165, 1.54) is 0 Å². The van der Waals surface area contributed by atoms with Crippen LogP contribution in [0.5, 0.6) is 5.75 Å². The quantitative estimate of drug-likeness (QED) is 0.533. The first-order chi connectivity index (χ1) is 13.2. The molecule has 27 heavy (non-hydrogen) atoms. The number of benzene rings is 2. The zero-order valence-corrected chi connectivity index (χ0v) is 15.0. The van der Waals surface area contributed by atoms with Crippen LogP contribution in [-0.2, 0) is 6.54 Å². The summed E-state index contributed by atoms with van der Waals surface area (Å²) in [5.41, 5.74) is 4.01. The first-order valence-corrected chi connectivity index (χ1v) is 8.83. The normalized spacial score (nSPS) is 10.9. The molecule has 4 rings (SSSR count). The molecule has 5 nitrogen and oxygen atoms in total. The molecule has 0 unspecified atom stereocenters. The lowest BCUT2D eigenvalue weighted by Gasteiger charge is -2.12. The van der Waals surface area contributed by atoms with E-state index in [0.717, 1.165) is 22.5 Å². The number of carbonyl (C=O) groups is 1. The number of aromatic nitrogens is 1. The topological polar surface area (TPSA) is 56.4 Å². The third-order valence-corrected chi connectivity index (χ3v) is 4.39. The van der Waals surface area contributed by atoms with Crippen molar-refractivity contribution in [1.29, 1.82) is 0 Å². The lowest BCUT2D eigenvalue weighted by atomic mass is 10.2. The number of hydrogen-bond acceptors (Lipinski definition) is 3. The Kier molecular flexibility index (Phi) is 4.66. The molecule has 0 bridgehead atoms. The predicted octanol–water partition coefficient (Wildman–Crippen LogP) is 4.87.